The van der Waals surface area contributed by atoms with Crippen molar-refractivity contribution in [2.75, 3.05) is 13.2 Å². The number of nitroso groups, excluding NO2 is 1. The van der Waals surface area contributed by atoms with E-state index in [1.807, 2.05) is 6.07 Å². The number of piperidine rings is 1. The van der Waals surface area contributed by atoms with E-state index in [-0.39, 0.29) is 6.04 Å². The first kappa shape index (κ1) is 18.2. The second kappa shape index (κ2) is 7.71. The first-order valence-corrected chi connectivity index (χ1v) is 8.48. The molecule has 9 heteroatoms. The fraction of sp³-hybridized carbons (Fsp3) is 0.688. The Morgan fingerprint density at radius 2 is 2.04 bits per heavy atom. The van der Waals surface area contributed by atoms with Crippen LogP contribution in [0.15, 0.2) is 29.8 Å². The molecule has 0 radical (unpaired) electrons. The van der Waals surface area contributed by atoms with Crippen LogP contribution < -0.4 is 4.57 Å². The third-order valence-electron chi connectivity index (χ3n) is 4.97. The summed E-state index contributed by atoms with van der Waals surface area (Å²) in [7, 11) is 0. The Kier molecular flexibility index (Phi) is 5.60. The summed E-state index contributed by atoms with van der Waals surface area (Å²) < 4.78 is 7.14. The Bertz CT molecular complexity index is 601. The number of hydrogen-bond donors (Lipinski definition) is 4. The Morgan fingerprint density at radius 1 is 1.24 bits per heavy atom. The largest absolute Gasteiger partial charge is 0.394 e. The summed E-state index contributed by atoms with van der Waals surface area (Å²) in [4.78, 5) is 11.1. The number of rotatable bonds is 4. The average molecular weight is 354 g/mol. The number of pyridine rings is 1. The molecule has 3 rings (SSSR count). The first-order chi connectivity index (χ1) is 12.1. The van der Waals surface area contributed by atoms with Crippen molar-refractivity contribution in [2.24, 2.45) is 5.29 Å². The molecule has 1 aromatic heterocycles. The predicted molar refractivity (Wildman–Crippen MR) is 84.7 cm³/mol. The summed E-state index contributed by atoms with van der Waals surface area (Å²) in [6.45, 7) is 0.121. The van der Waals surface area contributed by atoms with Gasteiger partial charge in [0.05, 0.1) is 17.9 Å². The Labute approximate surface area is 145 Å². The van der Waals surface area contributed by atoms with Gasteiger partial charge in [0.1, 0.15) is 18.3 Å². The van der Waals surface area contributed by atoms with E-state index in [4.69, 9.17) is 4.74 Å². The molecule has 2 aliphatic heterocycles. The van der Waals surface area contributed by atoms with Crippen molar-refractivity contribution in [2.45, 2.75) is 55.9 Å². The Morgan fingerprint density at radius 3 is 2.76 bits per heavy atom. The summed E-state index contributed by atoms with van der Waals surface area (Å²) >= 11 is 0. The van der Waals surface area contributed by atoms with Gasteiger partial charge in [0.2, 0.25) is 0 Å². The number of aliphatic hydroxyl groups excluding tert-OH is 4. The second-order valence-electron chi connectivity index (χ2n) is 6.56. The zero-order valence-electron chi connectivity index (χ0n) is 13.8. The van der Waals surface area contributed by atoms with Crippen LogP contribution in [0.1, 0.15) is 37.1 Å². The van der Waals surface area contributed by atoms with Gasteiger partial charge in [-0.25, -0.2) is 0 Å². The molecule has 9 nitrogen and oxygen atoms in total. The molecular weight excluding hydrogens is 330 g/mol. The van der Waals surface area contributed by atoms with E-state index in [9.17, 15) is 25.3 Å². The zero-order chi connectivity index (χ0) is 18.0. The lowest BCUT2D eigenvalue weighted by Gasteiger charge is -2.37. The molecule has 0 aromatic carbocycles. The third-order valence-corrected chi connectivity index (χ3v) is 4.97. The molecule has 0 bridgehead atoms. The third kappa shape index (κ3) is 3.51. The molecule has 6 atom stereocenters. The van der Waals surface area contributed by atoms with Crippen molar-refractivity contribution in [1.29, 1.82) is 0 Å². The Balaban J connectivity index is 1.86. The Hall–Kier alpha value is -1.65. The van der Waals surface area contributed by atoms with Crippen molar-refractivity contribution < 1.29 is 29.7 Å². The maximum atomic E-state index is 11.1. The molecule has 138 valence electrons. The molecule has 0 amide bonds. The van der Waals surface area contributed by atoms with E-state index in [2.05, 4.69) is 5.29 Å². The molecular formula is C16H24N3O6+. The minimum atomic E-state index is -1.44. The monoisotopic (exact) mass is 354 g/mol. The molecule has 0 spiro atoms. The van der Waals surface area contributed by atoms with Crippen LogP contribution in [0.25, 0.3) is 0 Å². The van der Waals surface area contributed by atoms with Gasteiger partial charge in [-0.2, -0.15) is 4.57 Å². The molecule has 2 fully saturated rings. The summed E-state index contributed by atoms with van der Waals surface area (Å²) in [5.74, 6) is 0. The number of nitrogens with zero attached hydrogens (tertiary/aromatic N) is 3. The van der Waals surface area contributed by atoms with E-state index in [0.29, 0.717) is 6.54 Å². The highest BCUT2D eigenvalue weighted by Gasteiger charge is 2.48. The number of ether oxygens (including phenoxy) is 1. The molecule has 0 saturated carbocycles. The molecule has 0 aliphatic carbocycles. The van der Waals surface area contributed by atoms with Gasteiger partial charge in [-0.1, -0.05) is 0 Å². The van der Waals surface area contributed by atoms with E-state index >= 15 is 0 Å². The van der Waals surface area contributed by atoms with Crippen LogP contribution in [0.4, 0.5) is 0 Å². The lowest BCUT2D eigenvalue weighted by Crippen LogP contribution is -2.62. The highest BCUT2D eigenvalue weighted by molar-refractivity contribution is 5.12. The van der Waals surface area contributed by atoms with Crippen molar-refractivity contribution >= 4 is 0 Å². The molecule has 25 heavy (non-hydrogen) atoms. The summed E-state index contributed by atoms with van der Waals surface area (Å²) in [6.07, 6.45) is -0.0110. The van der Waals surface area contributed by atoms with E-state index in [1.165, 1.54) is 5.01 Å². The molecule has 2 unspecified atom stereocenters. The maximum absolute atomic E-state index is 11.1. The van der Waals surface area contributed by atoms with Gasteiger partial charge in [0.15, 0.2) is 18.5 Å². The lowest BCUT2D eigenvalue weighted by atomic mass is 9.97. The second-order valence-corrected chi connectivity index (χ2v) is 6.56. The highest BCUT2D eigenvalue weighted by atomic mass is 16.6. The van der Waals surface area contributed by atoms with Crippen LogP contribution >= 0.6 is 0 Å². The van der Waals surface area contributed by atoms with Gasteiger partial charge < -0.3 is 25.2 Å². The fourth-order valence-corrected chi connectivity index (χ4v) is 3.55. The average Bonchev–Trinajstić information content (AvgIpc) is 2.66. The van der Waals surface area contributed by atoms with Crippen LogP contribution in [-0.4, -0.2) is 63.0 Å². The van der Waals surface area contributed by atoms with Gasteiger partial charge in [-0.05, 0) is 25.3 Å². The van der Waals surface area contributed by atoms with E-state index < -0.39 is 37.3 Å². The maximum Gasteiger partial charge on any atom is 0.292 e. The van der Waals surface area contributed by atoms with E-state index in [1.54, 1.807) is 23.0 Å². The normalized spacial score (nSPS) is 36.2. The minimum Gasteiger partial charge on any atom is -0.394 e. The quantitative estimate of drug-likeness (QED) is 0.410. The van der Waals surface area contributed by atoms with Crippen LogP contribution in [0.2, 0.25) is 0 Å². The van der Waals surface area contributed by atoms with Crippen molar-refractivity contribution in [1.82, 2.24) is 5.01 Å². The lowest BCUT2D eigenvalue weighted by molar-refractivity contribution is -0.778. The summed E-state index contributed by atoms with van der Waals surface area (Å²) in [6, 6.07) is 3.48. The van der Waals surface area contributed by atoms with Crippen molar-refractivity contribution in [3.05, 3.63) is 35.0 Å². The topological polar surface area (TPSA) is 127 Å². The molecule has 4 N–H and O–H groups in total. The van der Waals surface area contributed by atoms with Gasteiger partial charge in [0.25, 0.3) is 6.23 Å². The summed E-state index contributed by atoms with van der Waals surface area (Å²) in [5.41, 5.74) is 0.846. The van der Waals surface area contributed by atoms with Gasteiger partial charge in [-0.3, -0.25) is 5.01 Å². The van der Waals surface area contributed by atoms with Crippen molar-refractivity contribution in [3.8, 4) is 0 Å². The van der Waals surface area contributed by atoms with Crippen LogP contribution in [0.5, 0.6) is 0 Å². The first-order valence-electron chi connectivity index (χ1n) is 8.48. The number of aromatic nitrogens is 1. The number of aliphatic hydroxyl groups is 4. The van der Waals surface area contributed by atoms with Gasteiger partial charge in [-0.15, -0.1) is 4.91 Å². The van der Waals surface area contributed by atoms with Crippen molar-refractivity contribution in [3.63, 3.8) is 0 Å². The van der Waals surface area contributed by atoms with E-state index in [0.717, 1.165) is 24.8 Å². The van der Waals surface area contributed by atoms with Crippen LogP contribution in [0.3, 0.4) is 0 Å². The minimum absolute atomic E-state index is 0.149. The highest BCUT2D eigenvalue weighted by Crippen LogP contribution is 2.31. The fourth-order valence-electron chi connectivity index (χ4n) is 3.55. The molecule has 1 aromatic rings. The van der Waals surface area contributed by atoms with Crippen LogP contribution in [0, 0.1) is 4.91 Å². The number of hydrogen-bond acceptors (Lipinski definition) is 7. The van der Waals surface area contributed by atoms with Crippen LogP contribution in [-0.2, 0) is 4.74 Å². The SMILES string of the molecule is O=NN1CCCCC1c1ccc[n+](C2O[C@H](CO)[C@@H](O)[C@H](O)[C@H]2O)c1. The molecule has 2 saturated heterocycles. The molecule has 3 heterocycles. The smallest absolute Gasteiger partial charge is 0.292 e. The standard InChI is InChI=1S/C16H24N3O6/c20-9-12-13(21)14(22)15(23)16(25-12)18-6-3-4-10(8-18)11-5-1-2-7-19(11)17-24/h3-4,6,8,11-16,20-23H,1-2,5,7,9H2/q+1/t11?,12-,13-,14+,15-,16?/m1/s1. The molecule has 2 aliphatic rings. The predicted octanol–water partition coefficient (Wildman–Crippen LogP) is -0.845. The summed E-state index contributed by atoms with van der Waals surface area (Å²) in [5, 5.41) is 44.0. The zero-order valence-corrected chi connectivity index (χ0v) is 13.8. The van der Waals surface area contributed by atoms with Gasteiger partial charge >= 0.3 is 0 Å². The van der Waals surface area contributed by atoms with Gasteiger partial charge in [0, 0.05) is 18.2 Å².